The summed E-state index contributed by atoms with van der Waals surface area (Å²) in [4.78, 5) is 19.7. The van der Waals surface area contributed by atoms with Crippen molar-refractivity contribution >= 4 is 33.4 Å². The van der Waals surface area contributed by atoms with Crippen molar-refractivity contribution in [3.05, 3.63) is 48.9 Å². The van der Waals surface area contributed by atoms with Crippen molar-refractivity contribution in [2.75, 3.05) is 23.3 Å². The zero-order chi connectivity index (χ0) is 24.1. The molecule has 9 heteroatoms. The van der Waals surface area contributed by atoms with Crippen molar-refractivity contribution in [2.45, 2.75) is 38.3 Å². The van der Waals surface area contributed by atoms with Gasteiger partial charge in [0.05, 0.1) is 23.1 Å². The van der Waals surface area contributed by atoms with E-state index in [2.05, 4.69) is 53.6 Å². The summed E-state index contributed by atoms with van der Waals surface area (Å²) in [5.41, 5.74) is 7.32. The number of nitrogens with zero attached hydrogens (tertiary/aromatic N) is 5. The number of aliphatic hydroxyl groups is 1. The molecule has 1 aliphatic heterocycles. The average molecular weight is 481 g/mol. The molecule has 4 aromatic heterocycles. The third kappa shape index (κ3) is 3.85. The minimum Gasteiger partial charge on any atom is -0.374 e. The number of piperidine rings is 1. The molecule has 1 saturated heterocycles. The summed E-state index contributed by atoms with van der Waals surface area (Å²) in [6, 6.07) is 10.3. The summed E-state index contributed by atoms with van der Waals surface area (Å²) >= 11 is 0. The summed E-state index contributed by atoms with van der Waals surface area (Å²) in [7, 11) is 0. The van der Waals surface area contributed by atoms with E-state index in [9.17, 15) is 5.11 Å². The van der Waals surface area contributed by atoms with E-state index in [1.807, 2.05) is 24.5 Å². The van der Waals surface area contributed by atoms with E-state index in [4.69, 9.17) is 4.98 Å². The summed E-state index contributed by atoms with van der Waals surface area (Å²) in [5.74, 6) is 1.04. The molecule has 2 aliphatic rings. The zero-order valence-corrected chi connectivity index (χ0v) is 19.9. The lowest BCUT2D eigenvalue weighted by molar-refractivity contribution is 0.180. The van der Waals surface area contributed by atoms with Crippen molar-refractivity contribution in [3.63, 3.8) is 0 Å². The van der Waals surface area contributed by atoms with E-state index in [1.54, 1.807) is 6.20 Å². The van der Waals surface area contributed by atoms with Crippen LogP contribution in [0.1, 0.15) is 32.1 Å². The Kier molecular flexibility index (Phi) is 5.09. The Morgan fingerprint density at radius 1 is 1.03 bits per heavy atom. The van der Waals surface area contributed by atoms with Crippen LogP contribution in [0.2, 0.25) is 0 Å². The third-order valence-electron chi connectivity index (χ3n) is 7.31. The summed E-state index contributed by atoms with van der Waals surface area (Å²) in [6.45, 7) is 2.11. The second-order valence-electron chi connectivity index (χ2n) is 9.88. The van der Waals surface area contributed by atoms with E-state index in [0.29, 0.717) is 17.4 Å². The highest BCUT2D eigenvalue weighted by molar-refractivity contribution is 5.96. The van der Waals surface area contributed by atoms with Crippen LogP contribution in [0.3, 0.4) is 0 Å². The van der Waals surface area contributed by atoms with Crippen LogP contribution in [-0.2, 0) is 0 Å². The summed E-state index contributed by atoms with van der Waals surface area (Å²) in [5, 5.41) is 22.2. The van der Waals surface area contributed by atoms with Gasteiger partial charge in [0.15, 0.2) is 11.5 Å². The second-order valence-corrected chi connectivity index (χ2v) is 9.88. The van der Waals surface area contributed by atoms with Gasteiger partial charge in [-0.2, -0.15) is 5.10 Å². The molecule has 1 saturated carbocycles. The second kappa shape index (κ2) is 8.60. The molecule has 0 spiro atoms. The van der Waals surface area contributed by atoms with Crippen LogP contribution in [0.5, 0.6) is 0 Å². The first-order valence-electron chi connectivity index (χ1n) is 12.7. The number of aliphatic hydroxyl groups excluding tert-OH is 1. The van der Waals surface area contributed by atoms with Crippen LogP contribution in [0.15, 0.2) is 48.9 Å². The molecule has 0 amide bonds. The molecule has 1 atom stereocenters. The third-order valence-corrected chi connectivity index (χ3v) is 7.31. The number of aromatic amines is 2. The standard InChI is InChI=1S/C27H28N8O/c36-27(16-4-5-16)30-19-12-18(14-28-15-19)17-6-7-21-20(13-17)23(34-33-21)26-31-24-22(8-9-29-25(24)32-26)35-10-2-1-3-11-35/h6-9,12-16,27,30,36H,1-5,10-11H2,(H,33,34)(H,29,31,32). The molecule has 1 aliphatic carbocycles. The summed E-state index contributed by atoms with van der Waals surface area (Å²) in [6.07, 6.45) is 10.7. The van der Waals surface area contributed by atoms with Crippen LogP contribution < -0.4 is 10.2 Å². The lowest BCUT2D eigenvalue weighted by Crippen LogP contribution is -2.29. The maximum Gasteiger partial charge on any atom is 0.180 e. The Balaban J connectivity index is 1.25. The van der Waals surface area contributed by atoms with Gasteiger partial charge in [0.25, 0.3) is 0 Å². The van der Waals surface area contributed by atoms with Crippen LogP contribution in [0.4, 0.5) is 11.4 Å². The van der Waals surface area contributed by atoms with Gasteiger partial charge in [-0.3, -0.25) is 10.1 Å². The first-order valence-corrected chi connectivity index (χ1v) is 12.7. The Hall–Kier alpha value is -3.98. The van der Waals surface area contributed by atoms with Gasteiger partial charge in [0.1, 0.15) is 17.4 Å². The molecule has 9 nitrogen and oxygen atoms in total. The fourth-order valence-corrected chi connectivity index (χ4v) is 5.16. The summed E-state index contributed by atoms with van der Waals surface area (Å²) < 4.78 is 0. The Bertz CT molecular complexity index is 1550. The number of hydrogen-bond donors (Lipinski definition) is 4. The number of nitrogens with one attached hydrogen (secondary N) is 3. The Labute approximate surface area is 208 Å². The highest BCUT2D eigenvalue weighted by atomic mass is 16.3. The molecule has 7 rings (SSSR count). The van der Waals surface area contributed by atoms with E-state index in [-0.39, 0.29) is 0 Å². The van der Waals surface area contributed by atoms with Crippen molar-refractivity contribution in [1.29, 1.82) is 0 Å². The topological polar surface area (TPSA) is 119 Å². The number of pyridine rings is 2. The van der Waals surface area contributed by atoms with Crippen LogP contribution in [-0.4, -0.2) is 54.6 Å². The minimum absolute atomic E-state index is 0.340. The number of fused-ring (bicyclic) bond motifs is 2. The predicted octanol–water partition coefficient (Wildman–Crippen LogP) is 4.69. The van der Waals surface area contributed by atoms with Crippen molar-refractivity contribution in [2.24, 2.45) is 5.92 Å². The largest absolute Gasteiger partial charge is 0.374 e. The van der Waals surface area contributed by atoms with E-state index in [0.717, 1.165) is 70.5 Å². The van der Waals surface area contributed by atoms with Gasteiger partial charge in [0, 0.05) is 42.4 Å². The highest BCUT2D eigenvalue weighted by Crippen LogP contribution is 2.35. The van der Waals surface area contributed by atoms with E-state index in [1.165, 1.54) is 19.3 Å². The number of rotatable bonds is 6. The molecule has 182 valence electrons. The molecule has 0 bridgehead atoms. The van der Waals surface area contributed by atoms with Crippen molar-refractivity contribution in [3.8, 4) is 22.6 Å². The molecule has 2 fully saturated rings. The van der Waals surface area contributed by atoms with Crippen LogP contribution >= 0.6 is 0 Å². The van der Waals surface area contributed by atoms with Crippen molar-refractivity contribution in [1.82, 2.24) is 30.1 Å². The number of benzene rings is 1. The molecule has 1 aromatic carbocycles. The molecular formula is C27H28N8O. The van der Waals surface area contributed by atoms with Gasteiger partial charge in [-0.25, -0.2) is 9.97 Å². The molecular weight excluding hydrogens is 452 g/mol. The van der Waals surface area contributed by atoms with Gasteiger partial charge < -0.3 is 20.3 Å². The fraction of sp³-hybridized carbons (Fsp3) is 0.333. The van der Waals surface area contributed by atoms with E-state index >= 15 is 0 Å². The first kappa shape index (κ1) is 21.3. The quantitative estimate of drug-likeness (QED) is 0.260. The van der Waals surface area contributed by atoms with Gasteiger partial charge in [-0.05, 0) is 61.9 Å². The Morgan fingerprint density at radius 2 is 1.92 bits per heavy atom. The van der Waals surface area contributed by atoms with Gasteiger partial charge >= 0.3 is 0 Å². The Morgan fingerprint density at radius 3 is 2.78 bits per heavy atom. The number of hydrogen-bond acceptors (Lipinski definition) is 7. The average Bonchev–Trinajstić information content (AvgIpc) is 3.55. The number of aromatic nitrogens is 6. The SMILES string of the molecule is OC(Nc1cncc(-c2ccc3[nH]nc(-c4nc5nccc(N6CCCCC6)c5[nH]4)c3c2)c1)C1CC1. The van der Waals surface area contributed by atoms with Crippen molar-refractivity contribution < 1.29 is 5.11 Å². The maximum atomic E-state index is 10.3. The lowest BCUT2D eigenvalue weighted by Gasteiger charge is -2.28. The fourth-order valence-electron chi connectivity index (χ4n) is 5.16. The van der Waals surface area contributed by atoms with E-state index < -0.39 is 6.23 Å². The first-order chi connectivity index (χ1) is 17.7. The highest BCUT2D eigenvalue weighted by Gasteiger charge is 2.29. The number of anilines is 2. The lowest BCUT2D eigenvalue weighted by atomic mass is 10.0. The predicted molar refractivity (Wildman–Crippen MR) is 141 cm³/mol. The molecule has 5 aromatic rings. The molecule has 0 radical (unpaired) electrons. The molecule has 36 heavy (non-hydrogen) atoms. The maximum absolute atomic E-state index is 10.3. The van der Waals surface area contributed by atoms with Gasteiger partial charge in [0.2, 0.25) is 0 Å². The monoisotopic (exact) mass is 480 g/mol. The normalized spacial score (nSPS) is 17.1. The number of H-pyrrole nitrogens is 2. The van der Waals surface area contributed by atoms with Crippen LogP contribution in [0, 0.1) is 5.92 Å². The number of imidazole rings is 1. The zero-order valence-electron chi connectivity index (χ0n) is 19.9. The van der Waals surface area contributed by atoms with Gasteiger partial charge in [-0.1, -0.05) is 6.07 Å². The molecule has 1 unspecified atom stereocenters. The minimum atomic E-state index is -0.526. The van der Waals surface area contributed by atoms with Gasteiger partial charge in [-0.15, -0.1) is 0 Å². The van der Waals surface area contributed by atoms with Crippen LogP contribution in [0.25, 0.3) is 44.7 Å². The molecule has 5 heterocycles. The smallest absolute Gasteiger partial charge is 0.180 e. The molecule has 4 N–H and O–H groups in total.